The van der Waals surface area contributed by atoms with Crippen molar-refractivity contribution in [3.63, 3.8) is 0 Å². The summed E-state index contributed by atoms with van der Waals surface area (Å²) in [5.74, 6) is 0.399. The summed E-state index contributed by atoms with van der Waals surface area (Å²) in [6.45, 7) is -0.173. The second kappa shape index (κ2) is 6.23. The molecule has 0 saturated heterocycles. The number of ether oxygens (including phenoxy) is 1. The van der Waals surface area contributed by atoms with Crippen LogP contribution in [0.1, 0.15) is 11.1 Å². The van der Waals surface area contributed by atoms with E-state index < -0.39 is 0 Å². The van der Waals surface area contributed by atoms with Gasteiger partial charge in [-0.05, 0) is 12.1 Å². The lowest BCUT2D eigenvalue weighted by molar-refractivity contribution is 0.276. The number of hydrogen-bond acceptors (Lipinski definition) is 5. The predicted octanol–water partition coefficient (Wildman–Crippen LogP) is 2.11. The van der Waals surface area contributed by atoms with E-state index >= 15 is 0 Å². The summed E-state index contributed by atoms with van der Waals surface area (Å²) in [4.78, 5) is 4.00. The van der Waals surface area contributed by atoms with Crippen LogP contribution in [0.25, 0.3) is 0 Å². The Bertz CT molecular complexity index is 647. The Hall–Kier alpha value is -2.31. The number of hydrogen-bond donors (Lipinski definition) is 3. The molecule has 0 aliphatic heterocycles. The van der Waals surface area contributed by atoms with Gasteiger partial charge in [-0.25, -0.2) is 4.98 Å². The van der Waals surface area contributed by atoms with E-state index in [1.54, 1.807) is 24.3 Å². The van der Waals surface area contributed by atoms with Crippen molar-refractivity contribution < 1.29 is 15.1 Å². The van der Waals surface area contributed by atoms with Gasteiger partial charge in [-0.2, -0.15) is 0 Å². The third kappa shape index (κ3) is 2.81. The first-order valence-corrected chi connectivity index (χ1v) is 6.04. The Morgan fingerprint density at radius 1 is 1.35 bits per heavy atom. The number of para-hydroxylation sites is 1. The van der Waals surface area contributed by atoms with E-state index in [2.05, 4.69) is 10.1 Å². The number of pyridine rings is 1. The topological polar surface area (TPSA) is 101 Å². The van der Waals surface area contributed by atoms with Crippen LogP contribution >= 0.6 is 11.6 Å². The zero-order valence-electron chi connectivity index (χ0n) is 10.3. The maximum atomic E-state index is 9.24. The average Bonchev–Trinajstić information content (AvgIpc) is 2.49. The van der Waals surface area contributed by atoms with Crippen molar-refractivity contribution in [2.24, 2.45) is 10.9 Å². The van der Waals surface area contributed by atoms with Crippen molar-refractivity contribution in [2.45, 2.75) is 6.61 Å². The molecule has 0 saturated carbocycles. The highest BCUT2D eigenvalue weighted by atomic mass is 35.5. The lowest BCUT2D eigenvalue weighted by Gasteiger charge is -2.11. The molecule has 2 aromatic rings. The first-order valence-electron chi connectivity index (χ1n) is 5.66. The van der Waals surface area contributed by atoms with Crippen LogP contribution in [0.5, 0.6) is 11.6 Å². The van der Waals surface area contributed by atoms with Gasteiger partial charge >= 0.3 is 0 Å². The van der Waals surface area contributed by atoms with Crippen LogP contribution in [0.4, 0.5) is 0 Å². The van der Waals surface area contributed by atoms with Gasteiger partial charge in [-0.15, -0.1) is 0 Å². The number of amidine groups is 1. The summed E-state index contributed by atoms with van der Waals surface area (Å²) >= 11 is 6.11. The fraction of sp³-hybridized carbons (Fsp3) is 0.0769. The van der Waals surface area contributed by atoms with E-state index in [4.69, 9.17) is 27.3 Å². The molecule has 1 aromatic heterocycles. The van der Waals surface area contributed by atoms with E-state index in [9.17, 15) is 5.11 Å². The minimum atomic E-state index is -0.173. The van der Waals surface area contributed by atoms with Gasteiger partial charge in [0.05, 0.1) is 6.61 Å². The minimum absolute atomic E-state index is 0.108. The molecular formula is C13H12ClN3O3. The van der Waals surface area contributed by atoms with Crippen molar-refractivity contribution in [1.29, 1.82) is 0 Å². The zero-order valence-corrected chi connectivity index (χ0v) is 11.1. The van der Waals surface area contributed by atoms with Crippen LogP contribution < -0.4 is 10.5 Å². The quantitative estimate of drug-likeness (QED) is 0.347. The maximum Gasteiger partial charge on any atom is 0.238 e. The summed E-state index contributed by atoms with van der Waals surface area (Å²) in [5.41, 5.74) is 6.41. The number of oxime groups is 1. The van der Waals surface area contributed by atoms with Gasteiger partial charge in [0.1, 0.15) is 10.8 Å². The number of aromatic nitrogens is 1. The monoisotopic (exact) mass is 293 g/mol. The van der Waals surface area contributed by atoms with E-state index in [-0.39, 0.29) is 23.3 Å². The van der Waals surface area contributed by atoms with Crippen molar-refractivity contribution >= 4 is 17.4 Å². The molecule has 4 N–H and O–H groups in total. The van der Waals surface area contributed by atoms with Crippen LogP contribution in [0.15, 0.2) is 41.7 Å². The number of benzene rings is 1. The third-order valence-electron chi connectivity index (χ3n) is 2.59. The smallest absolute Gasteiger partial charge is 0.238 e. The average molecular weight is 294 g/mol. The second-order valence-corrected chi connectivity index (χ2v) is 4.21. The highest BCUT2D eigenvalue weighted by molar-refractivity contribution is 6.35. The Labute approximate surface area is 120 Å². The first-order chi connectivity index (χ1) is 9.67. The molecule has 0 radical (unpaired) electrons. The van der Waals surface area contributed by atoms with Gasteiger partial charge in [0.2, 0.25) is 5.88 Å². The van der Waals surface area contributed by atoms with Gasteiger partial charge in [-0.3, -0.25) is 0 Å². The molecule has 1 heterocycles. The molecular weight excluding hydrogens is 282 g/mol. The molecule has 7 heteroatoms. The Morgan fingerprint density at radius 2 is 2.10 bits per heavy atom. The van der Waals surface area contributed by atoms with Crippen molar-refractivity contribution in [3.05, 3.63) is 52.7 Å². The van der Waals surface area contributed by atoms with Crippen molar-refractivity contribution in [3.8, 4) is 11.6 Å². The molecule has 2 rings (SSSR count). The van der Waals surface area contributed by atoms with Crippen molar-refractivity contribution in [2.75, 3.05) is 0 Å². The second-order valence-electron chi connectivity index (χ2n) is 3.83. The Morgan fingerprint density at radius 3 is 2.80 bits per heavy atom. The normalized spacial score (nSPS) is 11.4. The molecule has 104 valence electrons. The summed E-state index contributed by atoms with van der Waals surface area (Å²) < 4.78 is 5.57. The van der Waals surface area contributed by atoms with Crippen molar-refractivity contribution in [1.82, 2.24) is 4.98 Å². The summed E-state index contributed by atoms with van der Waals surface area (Å²) in [7, 11) is 0. The third-order valence-corrected chi connectivity index (χ3v) is 2.96. The summed E-state index contributed by atoms with van der Waals surface area (Å²) in [6, 6.07) is 8.44. The SMILES string of the molecule is N/C(=N/O)c1ccnc(Oc2ccccc2CO)c1Cl. The molecule has 0 aliphatic carbocycles. The van der Waals surface area contributed by atoms with Gasteiger partial charge in [-0.1, -0.05) is 35.0 Å². The molecule has 6 nitrogen and oxygen atoms in total. The van der Waals surface area contributed by atoms with Gasteiger partial charge in [0.25, 0.3) is 0 Å². The molecule has 0 unspecified atom stereocenters. The molecule has 20 heavy (non-hydrogen) atoms. The van der Waals surface area contributed by atoms with Crippen LogP contribution in [0, 0.1) is 0 Å². The standard InChI is InChI=1S/C13H12ClN3O3/c14-11-9(12(15)17-19)5-6-16-13(11)20-10-4-2-1-3-8(10)7-18/h1-6,18-19H,7H2,(H2,15,17). The number of aliphatic hydroxyl groups excluding tert-OH is 1. The fourth-order valence-electron chi connectivity index (χ4n) is 1.59. The molecule has 0 atom stereocenters. The van der Waals surface area contributed by atoms with Crippen LogP contribution in [0.3, 0.4) is 0 Å². The number of halogens is 1. The number of nitrogens with two attached hydrogens (primary N) is 1. The van der Waals surface area contributed by atoms with Gasteiger partial charge in [0.15, 0.2) is 5.84 Å². The first kappa shape index (κ1) is 14.1. The minimum Gasteiger partial charge on any atom is -0.437 e. The Kier molecular flexibility index (Phi) is 4.39. The number of nitrogens with zero attached hydrogens (tertiary/aromatic N) is 2. The summed E-state index contributed by atoms with van der Waals surface area (Å²) in [5, 5.41) is 20.9. The highest BCUT2D eigenvalue weighted by Gasteiger charge is 2.14. The van der Waals surface area contributed by atoms with Crippen LogP contribution in [0.2, 0.25) is 5.02 Å². The van der Waals surface area contributed by atoms with E-state index in [1.165, 1.54) is 12.3 Å². The maximum absolute atomic E-state index is 9.24. The predicted molar refractivity (Wildman–Crippen MR) is 74.2 cm³/mol. The molecule has 1 aromatic carbocycles. The number of rotatable bonds is 4. The fourth-order valence-corrected chi connectivity index (χ4v) is 1.83. The van der Waals surface area contributed by atoms with Gasteiger partial charge in [0, 0.05) is 17.3 Å². The van der Waals surface area contributed by atoms with E-state index in [0.717, 1.165) is 0 Å². The highest BCUT2D eigenvalue weighted by Crippen LogP contribution is 2.31. The molecule has 0 aliphatic rings. The van der Waals surface area contributed by atoms with E-state index in [1.807, 2.05) is 0 Å². The van der Waals surface area contributed by atoms with Crippen LogP contribution in [-0.4, -0.2) is 21.1 Å². The van der Waals surface area contributed by atoms with E-state index in [0.29, 0.717) is 16.9 Å². The zero-order chi connectivity index (χ0) is 14.5. The van der Waals surface area contributed by atoms with Gasteiger partial charge < -0.3 is 20.8 Å². The lowest BCUT2D eigenvalue weighted by Crippen LogP contribution is -2.14. The molecule has 0 bridgehead atoms. The molecule has 0 spiro atoms. The van der Waals surface area contributed by atoms with Crippen LogP contribution in [-0.2, 0) is 6.61 Å². The Balaban J connectivity index is 2.40. The molecule has 0 amide bonds. The number of aliphatic hydroxyl groups is 1. The lowest BCUT2D eigenvalue weighted by atomic mass is 10.2. The molecule has 0 fully saturated rings. The summed E-state index contributed by atoms with van der Waals surface area (Å²) in [6.07, 6.45) is 1.43. The largest absolute Gasteiger partial charge is 0.437 e.